The molecule has 0 saturated carbocycles. The Balaban J connectivity index is 2.10. The Hall–Kier alpha value is -1.36. The van der Waals surface area contributed by atoms with Gasteiger partial charge in [0, 0.05) is 31.9 Å². The smallest absolute Gasteiger partial charge is 0.325 e. The zero-order valence-electron chi connectivity index (χ0n) is 9.63. The van der Waals surface area contributed by atoms with E-state index in [2.05, 4.69) is 12.0 Å². The van der Waals surface area contributed by atoms with Gasteiger partial charge in [0.15, 0.2) is 0 Å². The lowest BCUT2D eigenvalue weighted by Crippen LogP contribution is -2.50. The van der Waals surface area contributed by atoms with Crippen LogP contribution in [0.25, 0.3) is 0 Å². The van der Waals surface area contributed by atoms with Gasteiger partial charge in [-0.1, -0.05) is 13.3 Å². The maximum atomic E-state index is 11.3. The molecule has 5 heteroatoms. The summed E-state index contributed by atoms with van der Waals surface area (Å²) in [5.41, 5.74) is 0.768. The molecule has 88 valence electrons. The van der Waals surface area contributed by atoms with E-state index in [1.165, 1.54) is 0 Å². The topological polar surface area (TPSA) is 58.4 Å². The Morgan fingerprint density at radius 3 is 2.81 bits per heavy atom. The van der Waals surface area contributed by atoms with E-state index in [4.69, 9.17) is 0 Å². The van der Waals surface area contributed by atoms with E-state index < -0.39 is 12.0 Å². The van der Waals surface area contributed by atoms with Crippen LogP contribution in [0.4, 0.5) is 0 Å². The predicted octanol–water partition coefficient (Wildman–Crippen LogP) is 0.888. The summed E-state index contributed by atoms with van der Waals surface area (Å²) in [5, 5.41) is 13.3. The van der Waals surface area contributed by atoms with E-state index in [1.807, 2.05) is 4.90 Å². The largest absolute Gasteiger partial charge is 0.480 e. The van der Waals surface area contributed by atoms with Crippen molar-refractivity contribution in [3.63, 3.8) is 0 Å². The van der Waals surface area contributed by atoms with Crippen molar-refractivity contribution in [1.82, 2.24) is 14.7 Å². The highest BCUT2D eigenvalue weighted by molar-refractivity contribution is 5.75. The first-order valence-corrected chi connectivity index (χ1v) is 5.57. The summed E-state index contributed by atoms with van der Waals surface area (Å²) < 4.78 is 1.64. The molecule has 0 aliphatic carbocycles. The average Bonchev–Trinajstić information content (AvgIpc) is 2.56. The van der Waals surface area contributed by atoms with Gasteiger partial charge in [-0.25, -0.2) is 0 Å². The fraction of sp³-hybridized carbons (Fsp3) is 0.636. The second-order valence-corrected chi connectivity index (χ2v) is 4.42. The third kappa shape index (κ3) is 1.95. The number of rotatable bonds is 4. The molecule has 0 bridgehead atoms. The quantitative estimate of drug-likeness (QED) is 0.823. The summed E-state index contributed by atoms with van der Waals surface area (Å²) in [6, 6.07) is -0.531. The van der Waals surface area contributed by atoms with Crippen molar-refractivity contribution in [1.29, 1.82) is 0 Å². The zero-order valence-corrected chi connectivity index (χ0v) is 9.63. The number of likely N-dealkylation sites (tertiary alicyclic amines) is 1. The summed E-state index contributed by atoms with van der Waals surface area (Å²) in [4.78, 5) is 13.3. The molecular weight excluding hydrogens is 206 g/mol. The van der Waals surface area contributed by atoms with Crippen LogP contribution in [0.15, 0.2) is 12.4 Å². The van der Waals surface area contributed by atoms with E-state index >= 15 is 0 Å². The monoisotopic (exact) mass is 223 g/mol. The standard InChI is InChI=1S/C11H17N3O2/c1-3-8-5-14(6-8)10(11(15)16)9-4-12-13(2)7-9/h4,7-8,10H,3,5-6H2,1-2H3,(H,15,16). The Morgan fingerprint density at radius 2 is 2.38 bits per heavy atom. The third-order valence-corrected chi connectivity index (χ3v) is 3.20. The maximum Gasteiger partial charge on any atom is 0.325 e. The van der Waals surface area contributed by atoms with E-state index in [9.17, 15) is 9.90 Å². The molecule has 1 aromatic heterocycles. The minimum atomic E-state index is -0.789. The van der Waals surface area contributed by atoms with Crippen LogP contribution in [-0.4, -0.2) is 38.8 Å². The number of hydrogen-bond donors (Lipinski definition) is 1. The first-order chi connectivity index (χ1) is 7.61. The lowest BCUT2D eigenvalue weighted by molar-refractivity contribution is -0.146. The molecular formula is C11H17N3O2. The first-order valence-electron chi connectivity index (χ1n) is 5.57. The van der Waals surface area contributed by atoms with Crippen molar-refractivity contribution in [2.75, 3.05) is 13.1 Å². The molecule has 0 radical (unpaired) electrons. The van der Waals surface area contributed by atoms with Crippen molar-refractivity contribution < 1.29 is 9.90 Å². The van der Waals surface area contributed by atoms with Crippen LogP contribution in [-0.2, 0) is 11.8 Å². The molecule has 5 nitrogen and oxygen atoms in total. The third-order valence-electron chi connectivity index (χ3n) is 3.20. The fourth-order valence-electron chi connectivity index (χ4n) is 2.17. The van der Waals surface area contributed by atoms with Crippen molar-refractivity contribution in [3.05, 3.63) is 18.0 Å². The zero-order chi connectivity index (χ0) is 11.7. The second-order valence-electron chi connectivity index (χ2n) is 4.42. The number of carbonyl (C=O) groups is 1. The Labute approximate surface area is 94.7 Å². The van der Waals surface area contributed by atoms with Gasteiger partial charge in [0.25, 0.3) is 0 Å². The summed E-state index contributed by atoms with van der Waals surface area (Å²) in [6.07, 6.45) is 4.53. The summed E-state index contributed by atoms with van der Waals surface area (Å²) in [5.74, 6) is -0.138. The van der Waals surface area contributed by atoms with Crippen LogP contribution in [0.5, 0.6) is 0 Å². The van der Waals surface area contributed by atoms with Crippen molar-refractivity contribution in [2.24, 2.45) is 13.0 Å². The number of nitrogens with zero attached hydrogens (tertiary/aromatic N) is 3. The lowest BCUT2D eigenvalue weighted by atomic mass is 9.93. The Morgan fingerprint density at radius 1 is 1.69 bits per heavy atom. The summed E-state index contributed by atoms with van der Waals surface area (Å²) >= 11 is 0. The molecule has 2 rings (SSSR count). The van der Waals surface area contributed by atoms with E-state index in [-0.39, 0.29) is 0 Å². The van der Waals surface area contributed by atoms with Gasteiger partial charge in [0.2, 0.25) is 0 Å². The maximum absolute atomic E-state index is 11.3. The van der Waals surface area contributed by atoms with Gasteiger partial charge in [0.05, 0.1) is 6.20 Å². The van der Waals surface area contributed by atoms with Crippen LogP contribution in [0.1, 0.15) is 24.9 Å². The molecule has 1 fully saturated rings. The first kappa shape index (κ1) is 11.1. The van der Waals surface area contributed by atoms with Crippen molar-refractivity contribution in [2.45, 2.75) is 19.4 Å². The number of carboxylic acids is 1. The predicted molar refractivity (Wildman–Crippen MR) is 58.9 cm³/mol. The van der Waals surface area contributed by atoms with Gasteiger partial charge in [-0.05, 0) is 5.92 Å². The fourth-order valence-corrected chi connectivity index (χ4v) is 2.17. The normalized spacial score (nSPS) is 19.4. The van der Waals surface area contributed by atoms with Gasteiger partial charge < -0.3 is 5.11 Å². The van der Waals surface area contributed by atoms with E-state index in [1.54, 1.807) is 24.1 Å². The highest BCUT2D eigenvalue weighted by Gasteiger charge is 2.36. The molecule has 16 heavy (non-hydrogen) atoms. The molecule has 1 saturated heterocycles. The molecule has 1 unspecified atom stereocenters. The number of aromatic nitrogens is 2. The average molecular weight is 223 g/mol. The van der Waals surface area contributed by atoms with Gasteiger partial charge in [-0.2, -0.15) is 5.10 Å². The Kier molecular flexibility index (Phi) is 2.96. The molecule has 1 aliphatic rings. The molecule has 0 spiro atoms. The van der Waals surface area contributed by atoms with Gasteiger partial charge >= 0.3 is 5.97 Å². The molecule has 1 atom stereocenters. The van der Waals surface area contributed by atoms with Gasteiger partial charge in [-0.3, -0.25) is 14.4 Å². The summed E-state index contributed by atoms with van der Waals surface area (Å²) in [6.45, 7) is 3.90. The molecule has 0 amide bonds. The highest BCUT2D eigenvalue weighted by Crippen LogP contribution is 2.30. The minimum Gasteiger partial charge on any atom is -0.480 e. The van der Waals surface area contributed by atoms with Crippen LogP contribution < -0.4 is 0 Å². The molecule has 2 heterocycles. The molecule has 0 aromatic carbocycles. The van der Waals surface area contributed by atoms with E-state index in [0.29, 0.717) is 5.92 Å². The number of aryl methyl sites for hydroxylation is 1. The number of carboxylic acid groups (broad SMARTS) is 1. The summed E-state index contributed by atoms with van der Waals surface area (Å²) in [7, 11) is 1.80. The highest BCUT2D eigenvalue weighted by atomic mass is 16.4. The van der Waals surface area contributed by atoms with Crippen LogP contribution in [0.3, 0.4) is 0 Å². The van der Waals surface area contributed by atoms with Crippen LogP contribution >= 0.6 is 0 Å². The van der Waals surface area contributed by atoms with Crippen LogP contribution in [0, 0.1) is 5.92 Å². The number of hydrogen-bond acceptors (Lipinski definition) is 3. The van der Waals surface area contributed by atoms with Crippen LogP contribution in [0.2, 0.25) is 0 Å². The van der Waals surface area contributed by atoms with Gasteiger partial charge in [-0.15, -0.1) is 0 Å². The Bertz CT molecular complexity index is 382. The lowest BCUT2D eigenvalue weighted by Gasteiger charge is -2.42. The molecule has 1 N–H and O–H groups in total. The SMILES string of the molecule is CCC1CN(C(C(=O)O)c2cnn(C)c2)C1. The van der Waals surface area contributed by atoms with E-state index in [0.717, 1.165) is 25.1 Å². The minimum absolute atomic E-state index is 0.531. The number of aliphatic carboxylic acids is 1. The molecule has 1 aliphatic heterocycles. The van der Waals surface area contributed by atoms with Gasteiger partial charge in [0.1, 0.15) is 6.04 Å². The van der Waals surface area contributed by atoms with Crippen molar-refractivity contribution >= 4 is 5.97 Å². The second kappa shape index (κ2) is 4.25. The van der Waals surface area contributed by atoms with Crippen molar-refractivity contribution in [3.8, 4) is 0 Å². The molecule has 1 aromatic rings.